The number of fused-ring (bicyclic) bond motifs is 6. The molecule has 0 fully saturated rings. The van der Waals surface area contributed by atoms with Gasteiger partial charge < -0.3 is 19.5 Å². The van der Waals surface area contributed by atoms with Gasteiger partial charge in [0.15, 0.2) is 0 Å². The summed E-state index contributed by atoms with van der Waals surface area (Å²) in [5.74, 6) is 2.02. The predicted molar refractivity (Wildman–Crippen MR) is 299 cm³/mol. The molecule has 1 aliphatic heterocycles. The van der Waals surface area contributed by atoms with Crippen molar-refractivity contribution in [3.8, 4) is 39.6 Å². The molecule has 9 aromatic carbocycles. The molecule has 13 rings (SSSR count). The smallest absolute Gasteiger partial charge is 0.207 e. The third kappa shape index (κ3) is 7.37. The first kappa shape index (κ1) is 46.2. The van der Waals surface area contributed by atoms with Gasteiger partial charge in [0.1, 0.15) is 5.82 Å². The molecule has 1 spiro atoms. The van der Waals surface area contributed by atoms with E-state index < -0.39 is 5.41 Å². The van der Waals surface area contributed by atoms with E-state index in [9.17, 15) is 0 Å². The van der Waals surface area contributed by atoms with Gasteiger partial charge in [0, 0.05) is 72.2 Å². The SMILES string of the molecule is [CH2-]N(c1ccccc1Nc1[c-]c(Oc2[c-]c3c4c(c2)C2(c5ccccc5B(C)c5ccccc52)c2cccc(c24)n3-c2cc(C(C)(C)C)ccn2)ccc1)c1c(-c2ccccc2)cccc1-c1ccccc1.[Pt]. The van der Waals surface area contributed by atoms with Crippen LogP contribution in [0.15, 0.2) is 212 Å². The number of para-hydroxylation sites is 3. The number of pyridine rings is 1. The molecule has 0 saturated carbocycles. The van der Waals surface area contributed by atoms with Crippen molar-refractivity contribution in [1.82, 2.24) is 9.55 Å². The number of ether oxygens (including phenoxy) is 1. The van der Waals surface area contributed by atoms with Crippen molar-refractivity contribution in [2.75, 3.05) is 10.2 Å². The van der Waals surface area contributed by atoms with Crippen molar-refractivity contribution in [2.45, 2.75) is 38.4 Å². The van der Waals surface area contributed by atoms with E-state index in [0.717, 1.165) is 61.9 Å². The fraction of sp³-hybridized carbons (Fsp3) is 0.0909. The van der Waals surface area contributed by atoms with Crippen molar-refractivity contribution >= 4 is 62.2 Å². The molecule has 0 amide bonds. The van der Waals surface area contributed by atoms with E-state index in [1.165, 1.54) is 49.5 Å². The maximum atomic E-state index is 7.06. The van der Waals surface area contributed by atoms with Crippen LogP contribution in [-0.2, 0) is 31.9 Å². The molecular formula is C66H50BN4OPt-3. The van der Waals surface area contributed by atoms with Gasteiger partial charge in [-0.05, 0) is 74.5 Å². The van der Waals surface area contributed by atoms with Crippen molar-refractivity contribution < 1.29 is 25.8 Å². The minimum atomic E-state index is -0.592. The summed E-state index contributed by atoms with van der Waals surface area (Å²) in [6.45, 7) is 9.31. The first-order valence-corrected chi connectivity index (χ1v) is 24.8. The molecule has 73 heavy (non-hydrogen) atoms. The van der Waals surface area contributed by atoms with E-state index in [-0.39, 0.29) is 33.2 Å². The second kappa shape index (κ2) is 18.0. The molecular weight excluding hydrogens is 1070 g/mol. The second-order valence-corrected chi connectivity index (χ2v) is 20.1. The Balaban J connectivity index is 0.00000543. The minimum absolute atomic E-state index is 0. The maximum absolute atomic E-state index is 7.06. The molecule has 356 valence electrons. The van der Waals surface area contributed by atoms with Crippen LogP contribution in [0.2, 0.25) is 6.82 Å². The van der Waals surface area contributed by atoms with Crippen LogP contribution in [-0.4, -0.2) is 16.3 Å². The summed E-state index contributed by atoms with van der Waals surface area (Å²) >= 11 is 0. The van der Waals surface area contributed by atoms with Crippen LogP contribution in [0.3, 0.4) is 0 Å². The Kier molecular flexibility index (Phi) is 11.4. The zero-order valence-corrected chi connectivity index (χ0v) is 43.3. The summed E-state index contributed by atoms with van der Waals surface area (Å²) in [7, 11) is 4.74. The van der Waals surface area contributed by atoms with Crippen LogP contribution in [0, 0.1) is 19.2 Å². The monoisotopic (exact) mass is 1120 g/mol. The topological polar surface area (TPSA) is 42.3 Å². The van der Waals surface area contributed by atoms with E-state index in [1.807, 2.05) is 30.5 Å². The van der Waals surface area contributed by atoms with Crippen LogP contribution >= 0.6 is 0 Å². The van der Waals surface area contributed by atoms with Crippen molar-refractivity contribution in [2.24, 2.45) is 0 Å². The third-order valence-corrected chi connectivity index (χ3v) is 15.0. The van der Waals surface area contributed by atoms with Crippen LogP contribution in [0.1, 0.15) is 48.6 Å². The Bertz CT molecular complexity index is 3810. The molecule has 0 radical (unpaired) electrons. The molecule has 0 bridgehead atoms. The molecule has 0 atom stereocenters. The Labute approximate surface area is 442 Å². The van der Waals surface area contributed by atoms with Gasteiger partial charge in [-0.25, -0.2) is 4.98 Å². The molecule has 11 aromatic rings. The van der Waals surface area contributed by atoms with Crippen LogP contribution < -0.4 is 25.9 Å². The zero-order chi connectivity index (χ0) is 48.7. The van der Waals surface area contributed by atoms with Crippen LogP contribution in [0.5, 0.6) is 11.5 Å². The van der Waals surface area contributed by atoms with E-state index in [1.54, 1.807) is 0 Å². The average Bonchev–Trinajstić information content (AvgIpc) is 3.92. The Morgan fingerprint density at radius 2 is 1.21 bits per heavy atom. The summed E-state index contributed by atoms with van der Waals surface area (Å²) in [5.41, 5.74) is 18.2. The molecule has 2 aliphatic rings. The quantitative estimate of drug-likeness (QED) is 0.116. The maximum Gasteiger partial charge on any atom is 0.207 e. The average molecular weight is 1120 g/mol. The third-order valence-electron chi connectivity index (χ3n) is 15.0. The minimum Gasteiger partial charge on any atom is -0.509 e. The molecule has 7 heteroatoms. The summed E-state index contributed by atoms with van der Waals surface area (Å²) in [6, 6.07) is 80.7. The van der Waals surface area contributed by atoms with Gasteiger partial charge in [0.05, 0.1) is 5.69 Å². The zero-order valence-electron chi connectivity index (χ0n) is 41.1. The Morgan fingerprint density at radius 1 is 0.603 bits per heavy atom. The Morgan fingerprint density at radius 3 is 1.89 bits per heavy atom. The van der Waals surface area contributed by atoms with Crippen molar-refractivity contribution in [3.63, 3.8) is 0 Å². The first-order chi connectivity index (χ1) is 35.2. The summed E-state index contributed by atoms with van der Waals surface area (Å²) in [4.78, 5) is 7.11. The molecule has 1 aliphatic carbocycles. The standard InChI is InChI=1S/C66H50BN4O.Pt/c1-65(2,3)45-37-38-68-61(39-45)71-59-36-20-31-53-62(59)63-54(66(53)51-29-12-14-32-55(51)67(4)56-33-15-13-30-52(56)66)41-48(42-60(63)71)72-47-26-18-25-46(40-47)69-57-34-16-17-35-58(57)70(5)64-49(43-21-8-6-9-22-43)27-19-28-50(64)44-23-10-7-11-24-44;/h6-39,41,69H,5H2,1-4H3;/q-3;. The van der Waals surface area contributed by atoms with Gasteiger partial charge in [-0.3, -0.25) is 7.05 Å². The number of benzene rings is 9. The van der Waals surface area contributed by atoms with Gasteiger partial charge in [0.2, 0.25) is 6.71 Å². The predicted octanol–water partition coefficient (Wildman–Crippen LogP) is 15.1. The largest absolute Gasteiger partial charge is 0.509 e. The van der Waals surface area contributed by atoms with E-state index in [4.69, 9.17) is 16.8 Å². The van der Waals surface area contributed by atoms with E-state index in [0.29, 0.717) is 11.5 Å². The molecule has 2 aromatic heterocycles. The summed E-state index contributed by atoms with van der Waals surface area (Å²) < 4.78 is 9.35. The second-order valence-electron chi connectivity index (χ2n) is 20.1. The molecule has 1 N–H and O–H groups in total. The van der Waals surface area contributed by atoms with Gasteiger partial charge in [-0.15, -0.1) is 35.9 Å². The number of hydrogen-bond donors (Lipinski definition) is 1. The van der Waals surface area contributed by atoms with Gasteiger partial charge in [-0.1, -0.05) is 207 Å². The molecule has 3 heterocycles. The first-order valence-electron chi connectivity index (χ1n) is 24.8. The van der Waals surface area contributed by atoms with Gasteiger partial charge in [0.25, 0.3) is 0 Å². The number of hydrogen-bond acceptors (Lipinski definition) is 4. The summed E-state index contributed by atoms with van der Waals surface area (Å²) in [5, 5.41) is 6.12. The van der Waals surface area contributed by atoms with Crippen LogP contribution in [0.25, 0.3) is 49.9 Å². The number of rotatable bonds is 9. The van der Waals surface area contributed by atoms with Gasteiger partial charge >= 0.3 is 0 Å². The molecule has 0 unspecified atom stereocenters. The fourth-order valence-electron chi connectivity index (χ4n) is 11.8. The normalized spacial score (nSPS) is 13.0. The number of nitrogens with zero attached hydrogens (tertiary/aromatic N) is 3. The van der Waals surface area contributed by atoms with Crippen LogP contribution in [0.4, 0.5) is 22.7 Å². The Hall–Kier alpha value is -7.92. The number of nitrogens with one attached hydrogen (secondary N) is 1. The van der Waals surface area contributed by atoms with Crippen molar-refractivity contribution in [3.05, 3.63) is 259 Å². The van der Waals surface area contributed by atoms with Crippen molar-refractivity contribution in [1.29, 1.82) is 0 Å². The molecule has 5 nitrogen and oxygen atoms in total. The summed E-state index contributed by atoms with van der Waals surface area (Å²) in [6.07, 6.45) is 1.94. The van der Waals surface area contributed by atoms with Gasteiger partial charge in [-0.2, -0.15) is 6.07 Å². The van der Waals surface area contributed by atoms with E-state index in [2.05, 4.69) is 237 Å². The molecule has 0 saturated heterocycles. The number of aromatic nitrogens is 2. The number of anilines is 4. The fourth-order valence-corrected chi connectivity index (χ4v) is 11.8. The van der Waals surface area contributed by atoms with E-state index >= 15 is 0 Å².